The van der Waals surface area contributed by atoms with Crippen LogP contribution in [0.2, 0.25) is 0 Å². The number of carbonyl (C=O) groups excluding carboxylic acids is 2. The van der Waals surface area contributed by atoms with Gasteiger partial charge in [0.15, 0.2) is 5.60 Å². The summed E-state index contributed by atoms with van der Waals surface area (Å²) < 4.78 is 19.0. The van der Waals surface area contributed by atoms with Gasteiger partial charge in [-0.2, -0.15) is 0 Å². The molecule has 1 aliphatic rings. The molecule has 0 N–H and O–H groups in total. The molecule has 0 aliphatic carbocycles. The summed E-state index contributed by atoms with van der Waals surface area (Å²) in [6, 6.07) is 9.31. The van der Waals surface area contributed by atoms with Crippen molar-refractivity contribution in [1.29, 1.82) is 0 Å². The molecule has 0 radical (unpaired) electrons. The lowest BCUT2D eigenvalue weighted by Gasteiger charge is -2.37. The van der Waals surface area contributed by atoms with E-state index in [0.29, 0.717) is 24.4 Å². The molecule has 2 aromatic rings. The molecule has 1 saturated heterocycles. The standard InChI is InChI=1S/C23H28FN3O3/c1-23(2,30-19-10-8-18(24)9-11-19)22(29)27-13-5-6-17(15-27)20-12-7-16(14-25-20)21(28)26(3)4/h7-12,14,17H,5-6,13,15H2,1-4H3. The Morgan fingerprint density at radius 3 is 2.47 bits per heavy atom. The van der Waals surface area contributed by atoms with Crippen LogP contribution in [0.1, 0.15) is 48.7 Å². The second-order valence-corrected chi connectivity index (χ2v) is 8.33. The Balaban J connectivity index is 1.68. The van der Waals surface area contributed by atoms with Crippen molar-refractivity contribution in [2.45, 2.75) is 38.2 Å². The Labute approximate surface area is 176 Å². The van der Waals surface area contributed by atoms with Crippen LogP contribution in [0.4, 0.5) is 4.39 Å². The van der Waals surface area contributed by atoms with E-state index in [2.05, 4.69) is 4.98 Å². The van der Waals surface area contributed by atoms with E-state index in [1.165, 1.54) is 29.2 Å². The minimum atomic E-state index is -1.07. The second kappa shape index (κ2) is 8.81. The number of rotatable bonds is 5. The number of likely N-dealkylation sites (tertiary alicyclic amines) is 1. The molecule has 2 amide bonds. The topological polar surface area (TPSA) is 62.7 Å². The van der Waals surface area contributed by atoms with Crippen LogP contribution >= 0.6 is 0 Å². The largest absolute Gasteiger partial charge is 0.478 e. The lowest BCUT2D eigenvalue weighted by Crippen LogP contribution is -2.51. The Hall–Kier alpha value is -2.96. The Bertz CT molecular complexity index is 895. The number of hydrogen-bond donors (Lipinski definition) is 0. The van der Waals surface area contributed by atoms with Gasteiger partial charge in [0.2, 0.25) is 0 Å². The van der Waals surface area contributed by atoms with Crippen molar-refractivity contribution in [3.8, 4) is 5.75 Å². The van der Waals surface area contributed by atoms with Crippen LogP contribution in [0.5, 0.6) is 5.75 Å². The quantitative estimate of drug-likeness (QED) is 0.753. The Kier molecular flexibility index (Phi) is 6.39. The molecule has 1 unspecified atom stereocenters. The van der Waals surface area contributed by atoms with Crippen LogP contribution in [0.15, 0.2) is 42.6 Å². The van der Waals surface area contributed by atoms with Crippen molar-refractivity contribution in [2.75, 3.05) is 27.2 Å². The molecule has 0 saturated carbocycles. The van der Waals surface area contributed by atoms with Crippen molar-refractivity contribution in [3.63, 3.8) is 0 Å². The van der Waals surface area contributed by atoms with Gasteiger partial charge in [-0.1, -0.05) is 0 Å². The number of aromatic nitrogens is 1. The number of pyridine rings is 1. The van der Waals surface area contributed by atoms with Gasteiger partial charge in [0.25, 0.3) is 11.8 Å². The van der Waals surface area contributed by atoms with E-state index >= 15 is 0 Å². The number of ether oxygens (including phenoxy) is 1. The fourth-order valence-electron chi connectivity index (χ4n) is 3.66. The predicted molar refractivity (Wildman–Crippen MR) is 112 cm³/mol. The molecule has 30 heavy (non-hydrogen) atoms. The van der Waals surface area contributed by atoms with Crippen LogP contribution < -0.4 is 4.74 Å². The number of halogens is 1. The van der Waals surface area contributed by atoms with Crippen molar-refractivity contribution < 1.29 is 18.7 Å². The number of amides is 2. The normalized spacial score (nSPS) is 16.8. The fourth-order valence-corrected chi connectivity index (χ4v) is 3.66. The summed E-state index contributed by atoms with van der Waals surface area (Å²) in [6.07, 6.45) is 3.39. The van der Waals surface area contributed by atoms with Crippen LogP contribution in [0.25, 0.3) is 0 Å². The maximum Gasteiger partial charge on any atom is 0.266 e. The first-order valence-corrected chi connectivity index (χ1v) is 10.1. The maximum absolute atomic E-state index is 13.1. The summed E-state index contributed by atoms with van der Waals surface area (Å²) in [5.41, 5.74) is 0.344. The molecule has 160 valence electrons. The van der Waals surface area contributed by atoms with Crippen molar-refractivity contribution in [1.82, 2.24) is 14.8 Å². The summed E-state index contributed by atoms with van der Waals surface area (Å²) in [7, 11) is 3.41. The zero-order chi connectivity index (χ0) is 21.9. The Morgan fingerprint density at radius 2 is 1.87 bits per heavy atom. The smallest absolute Gasteiger partial charge is 0.266 e. The third-order valence-corrected chi connectivity index (χ3v) is 5.27. The average Bonchev–Trinajstić information content (AvgIpc) is 2.74. The van der Waals surface area contributed by atoms with Crippen LogP contribution in [0.3, 0.4) is 0 Å². The third-order valence-electron chi connectivity index (χ3n) is 5.27. The molecule has 2 heterocycles. The zero-order valence-electron chi connectivity index (χ0n) is 17.9. The van der Waals surface area contributed by atoms with E-state index in [-0.39, 0.29) is 23.5 Å². The summed E-state index contributed by atoms with van der Waals surface area (Å²) in [4.78, 5) is 33.0. The van der Waals surface area contributed by atoms with E-state index in [0.717, 1.165) is 18.5 Å². The van der Waals surface area contributed by atoms with Gasteiger partial charge in [-0.3, -0.25) is 14.6 Å². The molecule has 1 aliphatic heterocycles. The van der Waals surface area contributed by atoms with Gasteiger partial charge >= 0.3 is 0 Å². The van der Waals surface area contributed by atoms with Gasteiger partial charge in [0, 0.05) is 45.0 Å². The van der Waals surface area contributed by atoms with Crippen LogP contribution in [-0.2, 0) is 4.79 Å². The van der Waals surface area contributed by atoms with Crippen molar-refractivity contribution in [3.05, 3.63) is 59.7 Å². The average molecular weight is 413 g/mol. The summed E-state index contributed by atoms with van der Waals surface area (Å²) in [5, 5.41) is 0. The molecule has 7 heteroatoms. The minimum absolute atomic E-state index is 0.0887. The molecule has 6 nitrogen and oxygen atoms in total. The molecule has 1 aromatic carbocycles. The first kappa shape index (κ1) is 21.7. The van der Waals surface area contributed by atoms with E-state index < -0.39 is 5.60 Å². The van der Waals surface area contributed by atoms with E-state index in [1.807, 2.05) is 6.07 Å². The van der Waals surface area contributed by atoms with Crippen LogP contribution in [0, 0.1) is 5.82 Å². The highest BCUT2D eigenvalue weighted by Gasteiger charge is 2.37. The summed E-state index contributed by atoms with van der Waals surface area (Å²) >= 11 is 0. The number of carbonyl (C=O) groups is 2. The fraction of sp³-hybridized carbons (Fsp3) is 0.435. The first-order chi connectivity index (χ1) is 14.2. The van der Waals surface area contributed by atoms with Crippen LogP contribution in [-0.4, -0.2) is 59.4 Å². The lowest BCUT2D eigenvalue weighted by atomic mass is 9.92. The van der Waals surface area contributed by atoms with Gasteiger partial charge in [-0.15, -0.1) is 0 Å². The van der Waals surface area contributed by atoms with Gasteiger partial charge in [0.05, 0.1) is 5.56 Å². The summed E-state index contributed by atoms with van der Waals surface area (Å²) in [5.74, 6) is 0.000212. The monoisotopic (exact) mass is 413 g/mol. The second-order valence-electron chi connectivity index (χ2n) is 8.33. The predicted octanol–water partition coefficient (Wildman–Crippen LogP) is 3.49. The third kappa shape index (κ3) is 4.96. The lowest BCUT2D eigenvalue weighted by molar-refractivity contribution is -0.146. The minimum Gasteiger partial charge on any atom is -0.478 e. The highest BCUT2D eigenvalue weighted by atomic mass is 19.1. The highest BCUT2D eigenvalue weighted by Crippen LogP contribution is 2.28. The number of nitrogens with zero attached hydrogens (tertiary/aromatic N) is 3. The highest BCUT2D eigenvalue weighted by molar-refractivity contribution is 5.93. The molecule has 1 fully saturated rings. The number of benzene rings is 1. The van der Waals surface area contributed by atoms with E-state index in [9.17, 15) is 14.0 Å². The molecular weight excluding hydrogens is 385 g/mol. The van der Waals surface area contributed by atoms with E-state index in [1.54, 1.807) is 45.1 Å². The van der Waals surface area contributed by atoms with Crippen molar-refractivity contribution >= 4 is 11.8 Å². The molecule has 0 bridgehead atoms. The zero-order valence-corrected chi connectivity index (χ0v) is 17.9. The molecule has 1 atom stereocenters. The molecule has 3 rings (SSSR count). The molecule has 1 aromatic heterocycles. The number of piperidine rings is 1. The molecule has 0 spiro atoms. The maximum atomic E-state index is 13.1. The molecular formula is C23H28FN3O3. The van der Waals surface area contributed by atoms with Gasteiger partial charge in [-0.05, 0) is 63.1 Å². The summed E-state index contributed by atoms with van der Waals surface area (Å²) in [6.45, 7) is 4.65. The van der Waals surface area contributed by atoms with Crippen molar-refractivity contribution in [2.24, 2.45) is 0 Å². The SMILES string of the molecule is CN(C)C(=O)c1ccc(C2CCCN(C(=O)C(C)(C)Oc3ccc(F)cc3)C2)nc1. The van der Waals surface area contributed by atoms with E-state index in [4.69, 9.17) is 4.74 Å². The van der Waals surface area contributed by atoms with Gasteiger partial charge in [-0.25, -0.2) is 4.39 Å². The Morgan fingerprint density at radius 1 is 1.17 bits per heavy atom. The first-order valence-electron chi connectivity index (χ1n) is 10.1. The van der Waals surface area contributed by atoms with Gasteiger partial charge in [0.1, 0.15) is 11.6 Å². The van der Waals surface area contributed by atoms with Gasteiger partial charge < -0.3 is 14.5 Å². The number of hydrogen-bond acceptors (Lipinski definition) is 4.